The van der Waals surface area contributed by atoms with Gasteiger partial charge in [0.2, 0.25) is 0 Å². The molecule has 0 spiro atoms. The molecule has 74 valence electrons. The summed E-state index contributed by atoms with van der Waals surface area (Å²) in [4.78, 5) is 5.84. The minimum atomic E-state index is 0.353. The smallest absolute Gasteiger partial charge is 0.0932 e. The molecule has 1 nitrogen and oxygen atoms in total. The summed E-state index contributed by atoms with van der Waals surface area (Å²) in [6, 6.07) is 0. The Morgan fingerprint density at radius 2 is 2.00 bits per heavy atom. The van der Waals surface area contributed by atoms with Crippen LogP contribution in [0.25, 0.3) is 0 Å². The lowest BCUT2D eigenvalue weighted by molar-refractivity contribution is 0.410. The van der Waals surface area contributed by atoms with Crippen molar-refractivity contribution < 1.29 is 0 Å². The fourth-order valence-electron chi connectivity index (χ4n) is 1.13. The van der Waals surface area contributed by atoms with E-state index in [1.54, 1.807) is 0 Å². The molecule has 0 aromatic carbocycles. The normalized spacial score (nSPS) is 12.5. The molecule has 1 heterocycles. The zero-order valence-corrected chi connectivity index (χ0v) is 10.0. The van der Waals surface area contributed by atoms with Crippen LogP contribution in [0.5, 0.6) is 0 Å². The van der Waals surface area contributed by atoms with Gasteiger partial charge in [0, 0.05) is 17.5 Å². The first-order chi connectivity index (χ1) is 5.88. The molecule has 0 radical (unpaired) electrons. The van der Waals surface area contributed by atoms with Crippen LogP contribution >= 0.6 is 11.3 Å². The van der Waals surface area contributed by atoms with Gasteiger partial charge in [-0.1, -0.05) is 34.6 Å². The van der Waals surface area contributed by atoms with Crippen molar-refractivity contribution >= 4 is 11.3 Å². The summed E-state index contributed by atoms with van der Waals surface area (Å²) in [5.74, 6) is 0.617. The summed E-state index contributed by atoms with van der Waals surface area (Å²) >= 11 is 1.86. The van der Waals surface area contributed by atoms with E-state index in [1.165, 1.54) is 9.88 Å². The minimum Gasteiger partial charge on any atom is -0.249 e. The van der Waals surface area contributed by atoms with Crippen molar-refractivity contribution in [1.29, 1.82) is 0 Å². The van der Waals surface area contributed by atoms with Crippen LogP contribution in [0.3, 0.4) is 0 Å². The molecule has 0 bridgehead atoms. The molecule has 13 heavy (non-hydrogen) atoms. The average Bonchev–Trinajstić information content (AvgIpc) is 2.31. The number of rotatable bonds is 2. The predicted octanol–water partition coefficient (Wildman–Crippen LogP) is 3.86. The molecule has 0 aliphatic rings. The third-order valence-corrected chi connectivity index (χ3v) is 3.12. The van der Waals surface area contributed by atoms with E-state index in [4.69, 9.17) is 0 Å². The first kappa shape index (κ1) is 10.7. The molecule has 0 aliphatic carbocycles. The number of hydrogen-bond donors (Lipinski definition) is 0. The Balaban J connectivity index is 2.70. The maximum atomic E-state index is 4.44. The highest BCUT2D eigenvalue weighted by atomic mass is 32.1. The maximum absolute atomic E-state index is 4.44. The zero-order chi connectivity index (χ0) is 10.1. The summed E-state index contributed by atoms with van der Waals surface area (Å²) in [7, 11) is 0. The number of aromatic nitrogens is 1. The van der Waals surface area contributed by atoms with E-state index in [2.05, 4.69) is 39.6 Å². The fourth-order valence-corrected chi connectivity index (χ4v) is 2.35. The second-order valence-electron chi connectivity index (χ2n) is 5.05. The van der Waals surface area contributed by atoms with Crippen LogP contribution in [-0.2, 0) is 6.42 Å². The molecule has 1 rings (SSSR count). The van der Waals surface area contributed by atoms with E-state index < -0.39 is 0 Å². The Kier molecular flexibility index (Phi) is 3.12. The summed E-state index contributed by atoms with van der Waals surface area (Å²) in [6.07, 6.45) is 3.11. The van der Waals surface area contributed by atoms with Crippen LogP contribution in [-0.4, -0.2) is 4.98 Å². The highest BCUT2D eigenvalue weighted by molar-refractivity contribution is 7.11. The lowest BCUT2D eigenvalue weighted by atomic mass is 9.93. The summed E-state index contributed by atoms with van der Waals surface area (Å²) in [5.41, 5.74) is 0.353. The fraction of sp³-hybridized carbons (Fsp3) is 0.727. The van der Waals surface area contributed by atoms with Gasteiger partial charge < -0.3 is 0 Å². The first-order valence-corrected chi connectivity index (χ1v) is 5.65. The van der Waals surface area contributed by atoms with Gasteiger partial charge in [0.1, 0.15) is 0 Å². The van der Waals surface area contributed by atoms with Gasteiger partial charge in [-0.05, 0) is 11.3 Å². The molecule has 0 fully saturated rings. The SMILES string of the molecule is CC(C)c1cnc(CC(C)(C)C)s1. The Morgan fingerprint density at radius 1 is 1.38 bits per heavy atom. The van der Waals surface area contributed by atoms with Crippen molar-refractivity contribution in [2.75, 3.05) is 0 Å². The molecular weight excluding hydrogens is 178 g/mol. The van der Waals surface area contributed by atoms with Gasteiger partial charge in [-0.15, -0.1) is 11.3 Å². The second-order valence-corrected chi connectivity index (χ2v) is 6.20. The molecule has 0 saturated carbocycles. The summed E-state index contributed by atoms with van der Waals surface area (Å²) in [6.45, 7) is 11.2. The molecule has 2 heteroatoms. The molecule has 0 amide bonds. The lowest BCUT2D eigenvalue weighted by Crippen LogP contribution is -2.08. The van der Waals surface area contributed by atoms with E-state index in [-0.39, 0.29) is 0 Å². The van der Waals surface area contributed by atoms with Gasteiger partial charge in [-0.3, -0.25) is 0 Å². The van der Waals surface area contributed by atoms with Gasteiger partial charge in [0.05, 0.1) is 5.01 Å². The van der Waals surface area contributed by atoms with Crippen molar-refractivity contribution in [2.45, 2.75) is 47.0 Å². The predicted molar refractivity (Wildman–Crippen MR) is 59.4 cm³/mol. The van der Waals surface area contributed by atoms with E-state index >= 15 is 0 Å². The van der Waals surface area contributed by atoms with Crippen molar-refractivity contribution in [2.24, 2.45) is 5.41 Å². The zero-order valence-electron chi connectivity index (χ0n) is 9.22. The first-order valence-electron chi connectivity index (χ1n) is 4.83. The van der Waals surface area contributed by atoms with Gasteiger partial charge in [-0.2, -0.15) is 0 Å². The van der Waals surface area contributed by atoms with E-state index in [0.717, 1.165) is 6.42 Å². The highest BCUT2D eigenvalue weighted by Crippen LogP contribution is 2.27. The van der Waals surface area contributed by atoms with Crippen molar-refractivity contribution in [3.05, 3.63) is 16.1 Å². The lowest BCUT2D eigenvalue weighted by Gasteiger charge is -2.15. The van der Waals surface area contributed by atoms with Crippen LogP contribution in [0.1, 0.15) is 50.4 Å². The standard InChI is InChI=1S/C11H19NS/c1-8(2)9-7-12-10(13-9)6-11(3,4)5/h7-8H,6H2,1-5H3. The van der Waals surface area contributed by atoms with Crippen molar-refractivity contribution in [3.63, 3.8) is 0 Å². The number of hydrogen-bond acceptors (Lipinski definition) is 2. The van der Waals surface area contributed by atoms with E-state index in [0.29, 0.717) is 11.3 Å². The largest absolute Gasteiger partial charge is 0.249 e. The van der Waals surface area contributed by atoms with Crippen molar-refractivity contribution in [1.82, 2.24) is 4.98 Å². The third kappa shape index (κ3) is 3.47. The Hall–Kier alpha value is -0.370. The molecule has 0 unspecified atom stereocenters. The third-order valence-electron chi connectivity index (χ3n) is 1.82. The molecule has 0 atom stereocenters. The Bertz CT molecular complexity index is 268. The van der Waals surface area contributed by atoms with E-state index in [9.17, 15) is 0 Å². The molecule has 1 aromatic heterocycles. The Labute approximate surface area is 85.2 Å². The molecule has 0 saturated heterocycles. The van der Waals surface area contributed by atoms with Gasteiger partial charge in [0.15, 0.2) is 0 Å². The van der Waals surface area contributed by atoms with Gasteiger partial charge >= 0.3 is 0 Å². The summed E-state index contributed by atoms with van der Waals surface area (Å²) < 4.78 is 0. The van der Waals surface area contributed by atoms with Crippen LogP contribution in [0.2, 0.25) is 0 Å². The average molecular weight is 197 g/mol. The highest BCUT2D eigenvalue weighted by Gasteiger charge is 2.14. The number of thiazole rings is 1. The maximum Gasteiger partial charge on any atom is 0.0932 e. The summed E-state index contributed by atoms with van der Waals surface area (Å²) in [5, 5.41) is 1.27. The van der Waals surface area contributed by atoms with Crippen LogP contribution in [0.15, 0.2) is 6.20 Å². The quantitative estimate of drug-likeness (QED) is 0.701. The van der Waals surface area contributed by atoms with Crippen LogP contribution in [0, 0.1) is 5.41 Å². The van der Waals surface area contributed by atoms with Crippen molar-refractivity contribution in [3.8, 4) is 0 Å². The molecular formula is C11H19NS. The number of nitrogens with zero attached hydrogens (tertiary/aromatic N) is 1. The second kappa shape index (κ2) is 3.79. The van der Waals surface area contributed by atoms with E-state index in [1.807, 2.05) is 17.5 Å². The molecule has 1 aromatic rings. The topological polar surface area (TPSA) is 12.9 Å². The van der Waals surface area contributed by atoms with Gasteiger partial charge in [-0.25, -0.2) is 4.98 Å². The van der Waals surface area contributed by atoms with Gasteiger partial charge in [0.25, 0.3) is 0 Å². The molecule has 0 N–H and O–H groups in total. The minimum absolute atomic E-state index is 0.353. The Morgan fingerprint density at radius 3 is 2.38 bits per heavy atom. The van der Waals surface area contributed by atoms with Crippen LogP contribution in [0.4, 0.5) is 0 Å². The van der Waals surface area contributed by atoms with Crippen LogP contribution < -0.4 is 0 Å². The molecule has 0 aliphatic heterocycles. The monoisotopic (exact) mass is 197 g/mol.